The van der Waals surface area contributed by atoms with Crippen LogP contribution in [0.1, 0.15) is 51.2 Å². The lowest BCUT2D eigenvalue weighted by molar-refractivity contribution is -0.0237. The van der Waals surface area contributed by atoms with Crippen molar-refractivity contribution in [3.8, 4) is 0 Å². The van der Waals surface area contributed by atoms with Crippen molar-refractivity contribution in [2.24, 2.45) is 16.6 Å². The molecule has 20 heavy (non-hydrogen) atoms. The number of aliphatic hydroxyl groups is 1. The Morgan fingerprint density at radius 1 is 1.30 bits per heavy atom. The third kappa shape index (κ3) is 3.07. The molecule has 1 aromatic carbocycles. The first-order valence-corrected chi connectivity index (χ1v) is 7.92. The van der Waals surface area contributed by atoms with Crippen LogP contribution in [0.25, 0.3) is 0 Å². The number of halogens is 2. The van der Waals surface area contributed by atoms with Crippen LogP contribution in [0.2, 0.25) is 0 Å². The first-order chi connectivity index (χ1) is 9.30. The van der Waals surface area contributed by atoms with Crippen LogP contribution in [0.3, 0.4) is 0 Å². The van der Waals surface area contributed by atoms with Gasteiger partial charge in [-0.2, -0.15) is 0 Å². The van der Waals surface area contributed by atoms with Gasteiger partial charge in [0.15, 0.2) is 0 Å². The smallest absolute Gasteiger partial charge is 0.137 e. The van der Waals surface area contributed by atoms with Crippen molar-refractivity contribution in [3.63, 3.8) is 0 Å². The number of aliphatic hydroxyl groups excluding tert-OH is 1. The molecule has 3 N–H and O–H groups in total. The largest absolute Gasteiger partial charge is 0.388 e. The monoisotopic (exact) mass is 343 g/mol. The normalized spacial score (nSPS) is 22.5. The van der Waals surface area contributed by atoms with Gasteiger partial charge in [-0.25, -0.2) is 4.39 Å². The summed E-state index contributed by atoms with van der Waals surface area (Å²) in [5, 5.41) is 10.7. The molecule has 2 rings (SSSR count). The maximum atomic E-state index is 13.7. The van der Waals surface area contributed by atoms with E-state index in [1.165, 1.54) is 6.07 Å². The van der Waals surface area contributed by atoms with Gasteiger partial charge in [0, 0.05) is 12.0 Å². The Balaban J connectivity index is 2.25. The van der Waals surface area contributed by atoms with Gasteiger partial charge in [0.2, 0.25) is 0 Å². The molecule has 0 spiro atoms. The molecule has 1 atom stereocenters. The number of nitrogens with two attached hydrogens (primary N) is 1. The first kappa shape index (κ1) is 15.9. The van der Waals surface area contributed by atoms with E-state index in [2.05, 4.69) is 29.8 Å². The van der Waals surface area contributed by atoms with Gasteiger partial charge in [0.25, 0.3) is 0 Å². The highest BCUT2D eigenvalue weighted by Crippen LogP contribution is 2.50. The van der Waals surface area contributed by atoms with Gasteiger partial charge >= 0.3 is 0 Å². The maximum Gasteiger partial charge on any atom is 0.137 e. The van der Waals surface area contributed by atoms with E-state index < -0.39 is 6.10 Å². The molecule has 0 aromatic heterocycles. The number of hydrogen-bond donors (Lipinski definition) is 2. The van der Waals surface area contributed by atoms with E-state index in [9.17, 15) is 9.50 Å². The summed E-state index contributed by atoms with van der Waals surface area (Å²) < 4.78 is 14.1. The zero-order valence-electron chi connectivity index (χ0n) is 12.1. The highest BCUT2D eigenvalue weighted by Gasteiger charge is 2.43. The van der Waals surface area contributed by atoms with Crippen LogP contribution in [-0.4, -0.2) is 11.7 Å². The molecular weight excluding hydrogens is 321 g/mol. The van der Waals surface area contributed by atoms with Gasteiger partial charge in [-0.3, -0.25) is 0 Å². The predicted molar refractivity (Wildman–Crippen MR) is 82.8 cm³/mol. The van der Waals surface area contributed by atoms with E-state index in [1.54, 1.807) is 12.1 Å². The molecule has 2 nitrogen and oxygen atoms in total. The summed E-state index contributed by atoms with van der Waals surface area (Å²) in [6, 6.07) is 4.83. The molecule has 0 bridgehead atoms. The highest BCUT2D eigenvalue weighted by atomic mass is 79.9. The predicted octanol–water partition coefficient (Wildman–Crippen LogP) is 4.17. The molecule has 0 aliphatic heterocycles. The van der Waals surface area contributed by atoms with Crippen LogP contribution >= 0.6 is 15.9 Å². The third-order valence-corrected chi connectivity index (χ3v) is 5.49. The van der Waals surface area contributed by atoms with Crippen LogP contribution in [0.5, 0.6) is 0 Å². The Bertz CT molecular complexity index is 479. The Morgan fingerprint density at radius 3 is 2.40 bits per heavy atom. The minimum absolute atomic E-state index is 0.309. The lowest BCUT2D eigenvalue weighted by atomic mass is 9.62. The van der Waals surface area contributed by atoms with E-state index >= 15 is 0 Å². The molecule has 0 heterocycles. The fraction of sp³-hybridized carbons (Fsp3) is 0.625. The summed E-state index contributed by atoms with van der Waals surface area (Å²) in [6.45, 7) is 4.93. The number of rotatable bonds is 3. The lowest BCUT2D eigenvalue weighted by Crippen LogP contribution is -2.41. The van der Waals surface area contributed by atoms with Crippen LogP contribution in [-0.2, 0) is 0 Å². The number of benzene rings is 1. The molecule has 0 radical (unpaired) electrons. The summed E-state index contributed by atoms with van der Waals surface area (Å²) in [7, 11) is 0. The zero-order valence-corrected chi connectivity index (χ0v) is 13.7. The van der Waals surface area contributed by atoms with Gasteiger partial charge in [-0.15, -0.1) is 0 Å². The van der Waals surface area contributed by atoms with Crippen molar-refractivity contribution in [1.82, 2.24) is 0 Å². The van der Waals surface area contributed by atoms with Crippen molar-refractivity contribution >= 4 is 15.9 Å². The molecule has 0 saturated heterocycles. The average molecular weight is 344 g/mol. The summed E-state index contributed by atoms with van der Waals surface area (Å²) in [5.41, 5.74) is 6.58. The van der Waals surface area contributed by atoms with E-state index in [1.807, 2.05) is 0 Å². The number of hydrogen-bond acceptors (Lipinski definition) is 2. The second kappa shape index (κ2) is 5.74. The Hall–Kier alpha value is -0.450. The molecule has 4 heteroatoms. The second-order valence-electron chi connectivity index (χ2n) is 6.81. The van der Waals surface area contributed by atoms with Crippen molar-refractivity contribution in [1.29, 1.82) is 0 Å². The molecule has 112 valence electrons. The summed E-state index contributed by atoms with van der Waals surface area (Å²) in [6.07, 6.45) is 3.15. The van der Waals surface area contributed by atoms with Gasteiger partial charge in [0.05, 0.1) is 10.6 Å². The lowest BCUT2D eigenvalue weighted by Gasteiger charge is -2.45. The minimum atomic E-state index is -0.703. The maximum absolute atomic E-state index is 13.7. The average Bonchev–Trinajstić information content (AvgIpc) is 2.42. The topological polar surface area (TPSA) is 46.2 Å². The van der Waals surface area contributed by atoms with Gasteiger partial charge in [0.1, 0.15) is 5.82 Å². The fourth-order valence-corrected chi connectivity index (χ4v) is 3.30. The van der Waals surface area contributed by atoms with Gasteiger partial charge in [-0.05, 0) is 64.7 Å². The first-order valence-electron chi connectivity index (χ1n) is 7.13. The van der Waals surface area contributed by atoms with Crippen LogP contribution in [0.4, 0.5) is 4.39 Å². The van der Waals surface area contributed by atoms with Crippen LogP contribution in [0, 0.1) is 16.6 Å². The molecule has 1 aliphatic carbocycles. The SMILES string of the molecule is CC1(C)CCC(CN)(C(O)c2ccc(Br)c(F)c2)CC1. The third-order valence-electron chi connectivity index (χ3n) is 4.85. The fourth-order valence-electron chi connectivity index (χ4n) is 3.05. The standard InChI is InChI=1S/C16H23BrFNO/c1-15(2)5-7-16(10-19,8-6-15)14(20)11-3-4-12(17)13(18)9-11/h3-4,9,14,20H,5-8,10,19H2,1-2H3. The van der Waals surface area contributed by atoms with E-state index in [0.29, 0.717) is 22.0 Å². The summed E-state index contributed by atoms with van der Waals surface area (Å²) >= 11 is 3.14. The molecule has 1 saturated carbocycles. The van der Waals surface area contributed by atoms with Crippen LogP contribution < -0.4 is 5.73 Å². The van der Waals surface area contributed by atoms with E-state index in [4.69, 9.17) is 5.73 Å². The van der Waals surface area contributed by atoms with E-state index in [0.717, 1.165) is 25.7 Å². The minimum Gasteiger partial charge on any atom is -0.388 e. The Labute approximate surface area is 128 Å². The summed E-state index contributed by atoms with van der Waals surface area (Å²) in [4.78, 5) is 0. The van der Waals surface area contributed by atoms with Crippen molar-refractivity contribution < 1.29 is 9.50 Å². The van der Waals surface area contributed by atoms with E-state index in [-0.39, 0.29) is 11.2 Å². The second-order valence-corrected chi connectivity index (χ2v) is 7.66. The molecule has 1 aromatic rings. The van der Waals surface area contributed by atoms with Crippen LogP contribution in [0.15, 0.2) is 22.7 Å². The Kier molecular flexibility index (Phi) is 4.57. The summed E-state index contributed by atoms with van der Waals surface area (Å²) in [5.74, 6) is -0.343. The highest BCUT2D eigenvalue weighted by molar-refractivity contribution is 9.10. The molecule has 1 aliphatic rings. The quantitative estimate of drug-likeness (QED) is 0.865. The van der Waals surface area contributed by atoms with Gasteiger partial charge in [-0.1, -0.05) is 19.9 Å². The molecular formula is C16H23BrFNO. The van der Waals surface area contributed by atoms with Crippen molar-refractivity contribution in [2.75, 3.05) is 6.54 Å². The van der Waals surface area contributed by atoms with Crippen molar-refractivity contribution in [3.05, 3.63) is 34.1 Å². The zero-order chi connectivity index (χ0) is 15.0. The van der Waals surface area contributed by atoms with Crippen molar-refractivity contribution in [2.45, 2.75) is 45.6 Å². The molecule has 1 unspecified atom stereocenters. The molecule has 1 fully saturated rings. The molecule has 0 amide bonds. The Morgan fingerprint density at radius 2 is 1.90 bits per heavy atom. The van der Waals surface area contributed by atoms with Gasteiger partial charge < -0.3 is 10.8 Å².